The maximum Gasteiger partial charge on any atom is 0.254 e. The Kier molecular flexibility index (Phi) is 8.32. The van der Waals surface area contributed by atoms with Crippen LogP contribution in [0.3, 0.4) is 0 Å². The molecule has 2 heterocycles. The van der Waals surface area contributed by atoms with Crippen LogP contribution in [0.4, 0.5) is 0 Å². The van der Waals surface area contributed by atoms with E-state index in [1.54, 1.807) is 4.90 Å². The number of morpholine rings is 1. The molecule has 2 aromatic rings. The van der Waals surface area contributed by atoms with Gasteiger partial charge in [0.2, 0.25) is 0 Å². The number of ether oxygens (including phenoxy) is 1. The Hall–Kier alpha value is -2.11. The van der Waals surface area contributed by atoms with Crippen molar-refractivity contribution in [2.24, 2.45) is 7.05 Å². The fourth-order valence-electron chi connectivity index (χ4n) is 3.92. The minimum Gasteiger partial charge on any atom is -0.370 e. The highest BCUT2D eigenvalue weighted by atomic mass is 16.5. The number of nitrogens with one attached hydrogen (secondary N) is 1. The number of quaternary nitrogens is 1. The molecule has 0 atom stereocenters. The van der Waals surface area contributed by atoms with Gasteiger partial charge in [0, 0.05) is 37.5 Å². The van der Waals surface area contributed by atoms with Crippen molar-refractivity contribution in [1.82, 2.24) is 9.47 Å². The van der Waals surface area contributed by atoms with E-state index in [0.29, 0.717) is 6.54 Å². The third-order valence-electron chi connectivity index (χ3n) is 5.87. The average Bonchev–Trinajstić information content (AvgIpc) is 3.16. The van der Waals surface area contributed by atoms with E-state index in [1.807, 2.05) is 36.3 Å². The van der Waals surface area contributed by atoms with E-state index in [0.717, 1.165) is 63.5 Å². The molecule has 1 aromatic heterocycles. The topological polar surface area (TPSA) is 38.9 Å². The Bertz CT molecular complexity index is 748. The molecule has 1 saturated heterocycles. The van der Waals surface area contributed by atoms with Crippen LogP contribution in [0.1, 0.15) is 47.8 Å². The van der Waals surface area contributed by atoms with Crippen LogP contribution in [0.2, 0.25) is 0 Å². The number of hydrogen-bond acceptors (Lipinski definition) is 2. The predicted octanol–water partition coefficient (Wildman–Crippen LogP) is 2.32. The van der Waals surface area contributed by atoms with E-state index in [-0.39, 0.29) is 5.91 Å². The molecular weight excluding hydrogens is 362 g/mol. The molecule has 1 amide bonds. The SMILES string of the molecule is CCCCc1ccc(C(=O)N(CCC[NH+]2CCOCC2)Cc2cccn2C)cc1. The first-order chi connectivity index (χ1) is 14.2. The lowest BCUT2D eigenvalue weighted by molar-refractivity contribution is -0.908. The van der Waals surface area contributed by atoms with Crippen LogP contribution >= 0.6 is 0 Å². The molecule has 29 heavy (non-hydrogen) atoms. The van der Waals surface area contributed by atoms with Gasteiger partial charge in [0.1, 0.15) is 13.1 Å². The molecule has 0 unspecified atom stereocenters. The summed E-state index contributed by atoms with van der Waals surface area (Å²) in [6, 6.07) is 12.4. The van der Waals surface area contributed by atoms with Crippen LogP contribution in [-0.2, 0) is 24.8 Å². The van der Waals surface area contributed by atoms with E-state index >= 15 is 0 Å². The van der Waals surface area contributed by atoms with E-state index in [4.69, 9.17) is 4.74 Å². The highest BCUT2D eigenvalue weighted by Gasteiger charge is 2.19. The van der Waals surface area contributed by atoms with Crippen molar-refractivity contribution >= 4 is 5.91 Å². The average molecular weight is 399 g/mol. The lowest BCUT2D eigenvalue weighted by Gasteiger charge is -2.26. The Morgan fingerprint density at radius 3 is 2.55 bits per heavy atom. The van der Waals surface area contributed by atoms with Crippen molar-refractivity contribution < 1.29 is 14.4 Å². The molecule has 1 aliphatic heterocycles. The number of nitrogens with zero attached hydrogens (tertiary/aromatic N) is 2. The molecule has 1 N–H and O–H groups in total. The van der Waals surface area contributed by atoms with E-state index < -0.39 is 0 Å². The van der Waals surface area contributed by atoms with Gasteiger partial charge in [-0.2, -0.15) is 0 Å². The summed E-state index contributed by atoms with van der Waals surface area (Å²) in [6.07, 6.45) is 6.52. The second-order valence-electron chi connectivity index (χ2n) is 8.10. The Morgan fingerprint density at radius 2 is 1.90 bits per heavy atom. The maximum atomic E-state index is 13.3. The number of amides is 1. The fourth-order valence-corrected chi connectivity index (χ4v) is 3.92. The summed E-state index contributed by atoms with van der Waals surface area (Å²) in [7, 11) is 2.04. The van der Waals surface area contributed by atoms with Crippen molar-refractivity contribution in [2.45, 2.75) is 39.2 Å². The zero-order valence-electron chi connectivity index (χ0n) is 18.0. The van der Waals surface area contributed by atoms with Crippen LogP contribution in [0.5, 0.6) is 0 Å². The normalized spacial score (nSPS) is 14.8. The van der Waals surface area contributed by atoms with Gasteiger partial charge >= 0.3 is 0 Å². The molecule has 0 bridgehead atoms. The number of rotatable bonds is 10. The van der Waals surface area contributed by atoms with Crippen LogP contribution in [0, 0.1) is 0 Å². The molecule has 0 radical (unpaired) electrons. The molecular formula is C24H36N3O2+. The van der Waals surface area contributed by atoms with Gasteiger partial charge in [-0.1, -0.05) is 25.5 Å². The molecule has 5 heteroatoms. The van der Waals surface area contributed by atoms with Crippen molar-refractivity contribution in [3.05, 3.63) is 59.4 Å². The second-order valence-corrected chi connectivity index (χ2v) is 8.10. The smallest absolute Gasteiger partial charge is 0.254 e. The lowest BCUT2D eigenvalue weighted by Crippen LogP contribution is -3.14. The second kappa shape index (κ2) is 11.2. The van der Waals surface area contributed by atoms with Crippen LogP contribution in [0.25, 0.3) is 0 Å². The molecule has 0 saturated carbocycles. The third kappa shape index (κ3) is 6.44. The highest BCUT2D eigenvalue weighted by molar-refractivity contribution is 5.94. The summed E-state index contributed by atoms with van der Waals surface area (Å²) < 4.78 is 7.55. The van der Waals surface area contributed by atoms with Crippen molar-refractivity contribution in [3.63, 3.8) is 0 Å². The van der Waals surface area contributed by atoms with Gasteiger partial charge < -0.3 is 19.1 Å². The number of unbranched alkanes of at least 4 members (excludes halogenated alkanes) is 1. The summed E-state index contributed by atoms with van der Waals surface area (Å²) in [5, 5.41) is 0. The van der Waals surface area contributed by atoms with Gasteiger partial charge in [-0.3, -0.25) is 4.79 Å². The molecule has 0 aliphatic carbocycles. The van der Waals surface area contributed by atoms with Crippen LogP contribution < -0.4 is 4.90 Å². The first-order valence-corrected chi connectivity index (χ1v) is 11.1. The summed E-state index contributed by atoms with van der Waals surface area (Å²) in [5.41, 5.74) is 3.27. The van der Waals surface area contributed by atoms with Gasteiger partial charge in [0.25, 0.3) is 5.91 Å². The Labute approximate surface area is 175 Å². The number of aryl methyl sites for hydroxylation is 2. The molecule has 0 spiro atoms. The van der Waals surface area contributed by atoms with Gasteiger partial charge in [0.15, 0.2) is 0 Å². The maximum absolute atomic E-state index is 13.3. The third-order valence-corrected chi connectivity index (χ3v) is 5.87. The standard InChI is InChI=1S/C24H35N3O2/c1-3-4-7-21-9-11-22(12-10-21)24(28)27(20-23-8-5-13-25(23)2)15-6-14-26-16-18-29-19-17-26/h5,8-13H,3-4,6-7,14-20H2,1-2H3/p+1. The van der Waals surface area contributed by atoms with Gasteiger partial charge in [-0.25, -0.2) is 0 Å². The molecule has 1 aromatic carbocycles. The first kappa shape index (κ1) is 21.6. The summed E-state index contributed by atoms with van der Waals surface area (Å²) in [6.45, 7) is 8.59. The van der Waals surface area contributed by atoms with Crippen molar-refractivity contribution in [2.75, 3.05) is 39.4 Å². The van der Waals surface area contributed by atoms with Gasteiger partial charge in [-0.15, -0.1) is 0 Å². The Balaban J connectivity index is 1.64. The molecule has 5 nitrogen and oxygen atoms in total. The number of carbonyl (C=O) groups is 1. The highest BCUT2D eigenvalue weighted by Crippen LogP contribution is 2.13. The molecule has 1 fully saturated rings. The van der Waals surface area contributed by atoms with Crippen LogP contribution in [0.15, 0.2) is 42.6 Å². The fraction of sp³-hybridized carbons (Fsp3) is 0.542. The van der Waals surface area contributed by atoms with Crippen LogP contribution in [-0.4, -0.2) is 54.8 Å². The van der Waals surface area contributed by atoms with E-state index in [2.05, 4.69) is 29.7 Å². The van der Waals surface area contributed by atoms with Gasteiger partial charge in [0.05, 0.1) is 26.3 Å². The predicted molar refractivity (Wildman–Crippen MR) is 116 cm³/mol. The van der Waals surface area contributed by atoms with Crippen molar-refractivity contribution in [3.8, 4) is 0 Å². The lowest BCUT2D eigenvalue weighted by atomic mass is 10.1. The molecule has 3 rings (SSSR count). The zero-order valence-corrected chi connectivity index (χ0v) is 18.0. The number of benzene rings is 1. The molecule has 158 valence electrons. The largest absolute Gasteiger partial charge is 0.370 e. The van der Waals surface area contributed by atoms with Gasteiger partial charge in [-0.05, 0) is 42.7 Å². The summed E-state index contributed by atoms with van der Waals surface area (Å²) in [4.78, 5) is 16.9. The number of carbonyl (C=O) groups excluding carboxylic acids is 1. The summed E-state index contributed by atoms with van der Waals surface area (Å²) in [5.74, 6) is 0.130. The van der Waals surface area contributed by atoms with E-state index in [9.17, 15) is 4.79 Å². The molecule has 1 aliphatic rings. The monoisotopic (exact) mass is 398 g/mol. The minimum atomic E-state index is 0.130. The van der Waals surface area contributed by atoms with E-state index in [1.165, 1.54) is 18.4 Å². The quantitative estimate of drug-likeness (QED) is 0.667. The first-order valence-electron chi connectivity index (χ1n) is 11.1. The Morgan fingerprint density at radius 1 is 1.14 bits per heavy atom. The number of aromatic nitrogens is 1. The zero-order chi connectivity index (χ0) is 20.5. The minimum absolute atomic E-state index is 0.130. The van der Waals surface area contributed by atoms with Crippen molar-refractivity contribution in [1.29, 1.82) is 0 Å². The number of hydrogen-bond donors (Lipinski definition) is 1. The summed E-state index contributed by atoms with van der Waals surface area (Å²) >= 11 is 0.